The van der Waals surface area contributed by atoms with E-state index in [1.807, 2.05) is 11.8 Å². The fraction of sp³-hybridized carbons (Fsp3) is 0.800. The number of rotatable bonds is 1. The minimum absolute atomic E-state index is 0.000856. The Labute approximate surface area is 131 Å². The molecule has 7 nitrogen and oxygen atoms in total. The van der Waals surface area contributed by atoms with Gasteiger partial charge in [-0.15, -0.1) is 0 Å². The van der Waals surface area contributed by atoms with Crippen LogP contribution in [0.5, 0.6) is 0 Å². The van der Waals surface area contributed by atoms with Crippen molar-refractivity contribution >= 4 is 17.8 Å². The van der Waals surface area contributed by atoms with Gasteiger partial charge in [0.05, 0.1) is 0 Å². The second-order valence-corrected chi connectivity index (χ2v) is 6.62. The number of nitrogens with zero attached hydrogens (tertiary/aromatic N) is 4. The highest BCUT2D eigenvalue weighted by molar-refractivity contribution is 5.81. The summed E-state index contributed by atoms with van der Waals surface area (Å²) in [7, 11) is 3.45. The molecule has 2 fully saturated rings. The average molecular weight is 310 g/mol. The highest BCUT2D eigenvalue weighted by Gasteiger charge is 2.47. The molecule has 0 bridgehead atoms. The lowest BCUT2D eigenvalue weighted by atomic mass is 9.86. The molecule has 2 aliphatic rings. The van der Waals surface area contributed by atoms with E-state index >= 15 is 0 Å². The number of hydrogen-bond donors (Lipinski definition) is 0. The van der Waals surface area contributed by atoms with Gasteiger partial charge in [0, 0.05) is 72.1 Å². The largest absolute Gasteiger partial charge is 0.342 e. The van der Waals surface area contributed by atoms with Crippen LogP contribution in [-0.2, 0) is 9.59 Å². The predicted molar refractivity (Wildman–Crippen MR) is 82.2 cm³/mol. The number of hydrogen-bond acceptors (Lipinski definition) is 3. The van der Waals surface area contributed by atoms with Gasteiger partial charge in [-0.1, -0.05) is 0 Å². The first-order valence-electron chi connectivity index (χ1n) is 7.77. The summed E-state index contributed by atoms with van der Waals surface area (Å²) >= 11 is 0. The van der Waals surface area contributed by atoms with Gasteiger partial charge >= 0.3 is 6.03 Å². The third-order valence-corrected chi connectivity index (χ3v) is 4.58. The lowest BCUT2D eigenvalue weighted by Gasteiger charge is -2.34. The van der Waals surface area contributed by atoms with Gasteiger partial charge in [0.1, 0.15) is 0 Å². The first-order chi connectivity index (χ1) is 10.3. The zero-order valence-electron chi connectivity index (χ0n) is 14.0. The van der Waals surface area contributed by atoms with Gasteiger partial charge in [0.15, 0.2) is 0 Å². The molecule has 0 aromatic carbocycles. The molecule has 1 spiro atoms. The molecule has 124 valence electrons. The van der Waals surface area contributed by atoms with Crippen LogP contribution in [0.4, 0.5) is 4.79 Å². The Morgan fingerprint density at radius 3 is 2.23 bits per heavy atom. The minimum atomic E-state index is -0.346. The summed E-state index contributed by atoms with van der Waals surface area (Å²) in [5.74, 6) is 0.117. The van der Waals surface area contributed by atoms with E-state index in [1.54, 1.807) is 35.7 Å². The van der Waals surface area contributed by atoms with E-state index in [9.17, 15) is 14.4 Å². The van der Waals surface area contributed by atoms with Crippen molar-refractivity contribution in [1.29, 1.82) is 0 Å². The fourth-order valence-electron chi connectivity index (χ4n) is 3.46. The van der Waals surface area contributed by atoms with Crippen molar-refractivity contribution in [2.75, 3.05) is 53.4 Å². The summed E-state index contributed by atoms with van der Waals surface area (Å²) in [6.07, 6.45) is 0.405. The van der Waals surface area contributed by atoms with Crippen LogP contribution in [-0.4, -0.2) is 90.8 Å². The van der Waals surface area contributed by atoms with Gasteiger partial charge in [0.2, 0.25) is 11.8 Å². The first-order valence-corrected chi connectivity index (χ1v) is 7.77. The molecule has 0 aliphatic carbocycles. The van der Waals surface area contributed by atoms with Crippen LogP contribution in [0.3, 0.4) is 0 Å². The molecular formula is C15H26N4O3. The van der Waals surface area contributed by atoms with E-state index in [-0.39, 0.29) is 23.3 Å². The number of likely N-dealkylation sites (tertiary alicyclic amines) is 1. The molecule has 7 heteroatoms. The normalized spacial score (nSPS) is 25.6. The Morgan fingerprint density at radius 2 is 1.73 bits per heavy atom. The molecule has 0 aromatic heterocycles. The smallest absolute Gasteiger partial charge is 0.319 e. The third kappa shape index (κ3) is 3.18. The fourth-order valence-corrected chi connectivity index (χ4v) is 3.46. The summed E-state index contributed by atoms with van der Waals surface area (Å²) in [4.78, 5) is 43.3. The van der Waals surface area contributed by atoms with E-state index in [0.717, 1.165) is 0 Å². The Kier molecular flexibility index (Phi) is 4.63. The van der Waals surface area contributed by atoms with Crippen molar-refractivity contribution in [3.63, 3.8) is 0 Å². The minimum Gasteiger partial charge on any atom is -0.342 e. The maximum atomic E-state index is 12.3. The van der Waals surface area contributed by atoms with Crippen molar-refractivity contribution in [2.45, 2.75) is 20.3 Å². The van der Waals surface area contributed by atoms with Crippen molar-refractivity contribution < 1.29 is 14.4 Å². The lowest BCUT2D eigenvalue weighted by Crippen LogP contribution is -2.47. The molecule has 22 heavy (non-hydrogen) atoms. The average Bonchev–Trinajstić information content (AvgIpc) is 2.64. The molecular weight excluding hydrogens is 284 g/mol. The predicted octanol–water partition coefficient (Wildman–Crippen LogP) is 0.0707. The van der Waals surface area contributed by atoms with Crippen LogP contribution in [0, 0.1) is 5.41 Å². The molecule has 4 amide bonds. The second kappa shape index (κ2) is 6.14. The van der Waals surface area contributed by atoms with Gasteiger partial charge in [-0.2, -0.15) is 0 Å². The topological polar surface area (TPSA) is 64.2 Å². The first kappa shape index (κ1) is 16.6. The molecule has 0 unspecified atom stereocenters. The van der Waals surface area contributed by atoms with Gasteiger partial charge in [0.25, 0.3) is 0 Å². The molecule has 2 aliphatic heterocycles. The molecule has 2 rings (SSSR count). The zero-order chi connectivity index (χ0) is 16.5. The highest BCUT2D eigenvalue weighted by atomic mass is 16.2. The van der Waals surface area contributed by atoms with Crippen molar-refractivity contribution in [3.05, 3.63) is 0 Å². The Bertz CT molecular complexity index is 479. The Morgan fingerprint density at radius 1 is 1.14 bits per heavy atom. The maximum absolute atomic E-state index is 12.3. The van der Waals surface area contributed by atoms with Crippen molar-refractivity contribution in [3.8, 4) is 0 Å². The standard InChI is InChI=1S/C15H26N4O3/c1-5-17-9-15(8-13(17)21)10-18(12(2)20)6-7-19(11-15)14(22)16(3)4/h5-11H2,1-4H3/t15-/m1/s1. The number of carbonyl (C=O) groups is 3. The van der Waals surface area contributed by atoms with Crippen LogP contribution < -0.4 is 0 Å². The molecule has 0 aromatic rings. The van der Waals surface area contributed by atoms with E-state index in [1.165, 1.54) is 0 Å². The lowest BCUT2D eigenvalue weighted by molar-refractivity contribution is -0.130. The van der Waals surface area contributed by atoms with E-state index in [0.29, 0.717) is 45.7 Å². The monoisotopic (exact) mass is 310 g/mol. The quantitative estimate of drug-likeness (QED) is 0.688. The second-order valence-electron chi connectivity index (χ2n) is 6.62. The van der Waals surface area contributed by atoms with Crippen LogP contribution in [0.25, 0.3) is 0 Å². The SMILES string of the molecule is CCN1C[C@]2(CC1=O)CN(C(C)=O)CCN(C(=O)N(C)C)C2. The van der Waals surface area contributed by atoms with E-state index in [4.69, 9.17) is 0 Å². The summed E-state index contributed by atoms with van der Waals surface area (Å²) in [6, 6.07) is -0.0628. The number of urea groups is 1. The summed E-state index contributed by atoms with van der Waals surface area (Å²) in [5.41, 5.74) is -0.346. The van der Waals surface area contributed by atoms with Gasteiger partial charge in [-0.25, -0.2) is 4.79 Å². The summed E-state index contributed by atoms with van der Waals surface area (Å²) in [6.45, 7) is 6.89. The van der Waals surface area contributed by atoms with E-state index in [2.05, 4.69) is 0 Å². The summed E-state index contributed by atoms with van der Waals surface area (Å²) < 4.78 is 0. The molecule has 2 heterocycles. The molecule has 0 N–H and O–H groups in total. The van der Waals surface area contributed by atoms with Crippen LogP contribution in [0.2, 0.25) is 0 Å². The Balaban J connectivity index is 2.27. The van der Waals surface area contributed by atoms with Crippen molar-refractivity contribution in [2.24, 2.45) is 5.41 Å². The molecule has 2 saturated heterocycles. The third-order valence-electron chi connectivity index (χ3n) is 4.58. The van der Waals surface area contributed by atoms with Crippen LogP contribution in [0.1, 0.15) is 20.3 Å². The maximum Gasteiger partial charge on any atom is 0.319 e. The Hall–Kier alpha value is -1.79. The van der Waals surface area contributed by atoms with Gasteiger partial charge in [-0.3, -0.25) is 9.59 Å². The van der Waals surface area contributed by atoms with Gasteiger partial charge in [-0.05, 0) is 6.92 Å². The van der Waals surface area contributed by atoms with Gasteiger partial charge < -0.3 is 19.6 Å². The molecule has 1 atom stereocenters. The molecule has 0 radical (unpaired) electrons. The van der Waals surface area contributed by atoms with Crippen LogP contribution >= 0.6 is 0 Å². The number of amides is 4. The molecule has 0 saturated carbocycles. The number of carbonyl (C=O) groups excluding carboxylic acids is 3. The zero-order valence-corrected chi connectivity index (χ0v) is 14.0. The highest BCUT2D eigenvalue weighted by Crippen LogP contribution is 2.35. The van der Waals surface area contributed by atoms with E-state index < -0.39 is 0 Å². The van der Waals surface area contributed by atoms with Crippen molar-refractivity contribution in [1.82, 2.24) is 19.6 Å². The summed E-state index contributed by atoms with van der Waals surface area (Å²) in [5, 5.41) is 0. The van der Waals surface area contributed by atoms with Crippen LogP contribution in [0.15, 0.2) is 0 Å².